The van der Waals surface area contributed by atoms with Crippen LogP contribution in [0.1, 0.15) is 15.9 Å². The second-order valence-electron chi connectivity index (χ2n) is 7.77. The van der Waals surface area contributed by atoms with E-state index in [-0.39, 0.29) is 33.2 Å². The van der Waals surface area contributed by atoms with Crippen LogP contribution in [-0.2, 0) is 16.0 Å². The van der Waals surface area contributed by atoms with Gasteiger partial charge >= 0.3 is 12.1 Å². The van der Waals surface area contributed by atoms with E-state index in [2.05, 4.69) is 15.3 Å². The number of rotatable bonds is 6. The van der Waals surface area contributed by atoms with Crippen molar-refractivity contribution in [3.05, 3.63) is 81.6 Å². The van der Waals surface area contributed by atoms with E-state index in [1.807, 2.05) is 0 Å². The van der Waals surface area contributed by atoms with Gasteiger partial charge in [0.2, 0.25) is 5.71 Å². The number of amides is 2. The molecule has 192 valence electrons. The van der Waals surface area contributed by atoms with E-state index in [9.17, 15) is 18.8 Å². The average Bonchev–Trinajstić information content (AvgIpc) is 2.87. The highest BCUT2D eigenvalue weighted by molar-refractivity contribution is 6.44. The fourth-order valence-electron chi connectivity index (χ4n) is 3.61. The van der Waals surface area contributed by atoms with Crippen molar-refractivity contribution in [3.8, 4) is 17.6 Å². The molecule has 0 aliphatic carbocycles. The Morgan fingerprint density at radius 2 is 1.79 bits per heavy atom. The zero-order chi connectivity index (χ0) is 27.4. The number of fused-ring (bicyclic) bond motifs is 1. The first-order valence-corrected chi connectivity index (χ1v) is 11.5. The zero-order valence-corrected chi connectivity index (χ0v) is 20.7. The molecule has 1 aliphatic rings. The van der Waals surface area contributed by atoms with Crippen LogP contribution in [0.4, 0.5) is 20.6 Å². The summed E-state index contributed by atoms with van der Waals surface area (Å²) < 4.78 is 23.2. The molecule has 0 unspecified atom stereocenters. The number of hydrazone groups is 1. The number of benzene rings is 3. The monoisotopic (exact) mass is 555 g/mol. The van der Waals surface area contributed by atoms with Crippen LogP contribution in [0.3, 0.4) is 0 Å². The molecule has 3 aromatic rings. The number of nitrogens with zero attached hydrogens (tertiary/aromatic N) is 3. The van der Waals surface area contributed by atoms with Crippen molar-refractivity contribution < 1.29 is 28.2 Å². The highest BCUT2D eigenvalue weighted by atomic mass is 35.5. The van der Waals surface area contributed by atoms with Crippen LogP contribution in [0.15, 0.2) is 59.7 Å². The summed E-state index contributed by atoms with van der Waals surface area (Å²) in [5.74, 6) is -1.43. The van der Waals surface area contributed by atoms with Gasteiger partial charge in [-0.05, 0) is 66.6 Å². The molecule has 2 amide bonds. The van der Waals surface area contributed by atoms with Gasteiger partial charge in [-0.15, -0.1) is 0 Å². The number of primary amides is 1. The molecule has 0 spiro atoms. The molecule has 1 aliphatic heterocycles. The maximum atomic E-state index is 13.3. The molecule has 1 heterocycles. The van der Waals surface area contributed by atoms with E-state index in [0.29, 0.717) is 30.0 Å². The van der Waals surface area contributed by atoms with Crippen LogP contribution >= 0.6 is 23.2 Å². The van der Waals surface area contributed by atoms with Gasteiger partial charge < -0.3 is 20.1 Å². The summed E-state index contributed by atoms with van der Waals surface area (Å²) in [5.41, 5.74) is 8.45. The van der Waals surface area contributed by atoms with E-state index in [1.165, 1.54) is 30.3 Å². The normalized spacial score (nSPS) is 12.8. The fourth-order valence-corrected chi connectivity index (χ4v) is 4.18. The third kappa shape index (κ3) is 5.83. The first-order chi connectivity index (χ1) is 18.2. The third-order valence-corrected chi connectivity index (χ3v) is 5.86. The largest absolute Gasteiger partial charge is 0.454 e. The lowest BCUT2D eigenvalue weighted by molar-refractivity contribution is -0.129. The smallest absolute Gasteiger partial charge is 0.412 e. The highest BCUT2D eigenvalue weighted by Crippen LogP contribution is 2.39. The minimum atomic E-state index is -1.39. The van der Waals surface area contributed by atoms with Crippen molar-refractivity contribution in [3.63, 3.8) is 0 Å². The van der Waals surface area contributed by atoms with Crippen molar-refractivity contribution in [2.45, 2.75) is 6.42 Å². The molecule has 0 saturated carbocycles. The number of nitrogens with one attached hydrogen (secondary N) is 1. The molecule has 0 fully saturated rings. The van der Waals surface area contributed by atoms with Crippen molar-refractivity contribution in [2.24, 2.45) is 10.8 Å². The minimum Gasteiger partial charge on any atom is -0.454 e. The number of carbonyl (C=O) groups is 3. The van der Waals surface area contributed by atoms with Crippen molar-refractivity contribution in [1.29, 1.82) is 5.26 Å². The molecule has 0 bridgehead atoms. The van der Waals surface area contributed by atoms with Gasteiger partial charge in [0.15, 0.2) is 5.75 Å². The second-order valence-corrected chi connectivity index (χ2v) is 8.58. The maximum Gasteiger partial charge on any atom is 0.412 e. The topological polar surface area (TPSA) is 147 Å². The molecular weight excluding hydrogens is 540 g/mol. The summed E-state index contributed by atoms with van der Waals surface area (Å²) >= 11 is 12.7. The van der Waals surface area contributed by atoms with E-state index >= 15 is 0 Å². The Labute approximate surface area is 224 Å². The molecule has 0 atom stereocenters. The lowest BCUT2D eigenvalue weighted by Crippen LogP contribution is -2.37. The fraction of sp³-hybridized carbons (Fsp3) is 0.0800. The summed E-state index contributed by atoms with van der Waals surface area (Å²) in [6.45, 7) is 0.404. The van der Waals surface area contributed by atoms with Gasteiger partial charge in [0, 0.05) is 17.8 Å². The number of carbonyl (C=O) groups excluding carboxylic acids is 3. The number of hydrogen-bond donors (Lipinski definition) is 2. The second kappa shape index (κ2) is 11.2. The summed E-state index contributed by atoms with van der Waals surface area (Å²) in [5, 5.41) is 12.7. The molecule has 0 aromatic heterocycles. The predicted octanol–water partition coefficient (Wildman–Crippen LogP) is 5.04. The molecule has 10 nitrogen and oxygen atoms in total. The van der Waals surface area contributed by atoms with Crippen LogP contribution < -0.4 is 20.8 Å². The van der Waals surface area contributed by atoms with E-state index in [0.717, 1.165) is 5.56 Å². The SMILES string of the molecule is N#CC(=NNc1cc(Cl)c(Oc2ccc3c(c2)CCN(c2ccc(F)cc2)C3=O)c(Cl)c1)C(=O)OC(N)=O. The number of anilines is 2. The Morgan fingerprint density at radius 3 is 2.42 bits per heavy atom. The standard InChI is InChI=1S/C25H16Cl2FN5O5/c26-19-10-15(31-32-21(12-29)24(35)38-25(30)36)11-20(27)22(19)37-17-5-6-18-13(9-17)7-8-33(23(18)34)16-3-1-14(28)2-4-16/h1-6,9-11,31H,7-8H2,(H2,30,36). The van der Waals surface area contributed by atoms with Gasteiger partial charge in [-0.1, -0.05) is 23.2 Å². The number of nitrogens with two attached hydrogens (primary N) is 1. The lowest BCUT2D eigenvalue weighted by atomic mass is 9.98. The molecule has 4 rings (SSSR count). The van der Waals surface area contributed by atoms with Crippen LogP contribution in [0.2, 0.25) is 10.0 Å². The van der Waals surface area contributed by atoms with Gasteiger partial charge in [0.05, 0.1) is 15.7 Å². The molecular formula is C25H16Cl2FN5O5. The molecule has 0 radical (unpaired) electrons. The summed E-state index contributed by atoms with van der Waals surface area (Å²) in [4.78, 5) is 36.9. The number of ether oxygens (including phenoxy) is 2. The van der Waals surface area contributed by atoms with Gasteiger partial charge in [0.25, 0.3) is 5.91 Å². The number of halogens is 3. The van der Waals surface area contributed by atoms with Crippen LogP contribution in [-0.4, -0.2) is 30.2 Å². The Morgan fingerprint density at radius 1 is 1.11 bits per heavy atom. The van der Waals surface area contributed by atoms with E-state index in [1.54, 1.807) is 35.2 Å². The van der Waals surface area contributed by atoms with Crippen molar-refractivity contribution in [1.82, 2.24) is 0 Å². The average molecular weight is 556 g/mol. The first-order valence-electron chi connectivity index (χ1n) is 10.8. The third-order valence-electron chi connectivity index (χ3n) is 5.30. The zero-order valence-electron chi connectivity index (χ0n) is 19.2. The molecule has 38 heavy (non-hydrogen) atoms. The Bertz CT molecular complexity index is 1500. The molecule has 0 saturated heterocycles. The van der Waals surface area contributed by atoms with Gasteiger partial charge in [-0.3, -0.25) is 10.2 Å². The van der Waals surface area contributed by atoms with Gasteiger partial charge in [-0.25, -0.2) is 14.0 Å². The summed E-state index contributed by atoms with van der Waals surface area (Å²) in [6.07, 6.45) is -0.848. The quantitative estimate of drug-likeness (QED) is 0.187. The van der Waals surface area contributed by atoms with Gasteiger partial charge in [-0.2, -0.15) is 10.4 Å². The Balaban J connectivity index is 1.50. The number of esters is 1. The van der Waals surface area contributed by atoms with Crippen LogP contribution in [0, 0.1) is 17.1 Å². The Hall–Kier alpha value is -4.66. The molecule has 3 N–H and O–H groups in total. The Kier molecular flexibility index (Phi) is 7.76. The van der Waals surface area contributed by atoms with Crippen molar-refractivity contribution >= 4 is 58.3 Å². The predicted molar refractivity (Wildman–Crippen MR) is 137 cm³/mol. The van der Waals surface area contributed by atoms with E-state index < -0.39 is 17.8 Å². The van der Waals surface area contributed by atoms with Crippen molar-refractivity contribution in [2.75, 3.05) is 16.9 Å². The van der Waals surface area contributed by atoms with Gasteiger partial charge in [0.1, 0.15) is 17.6 Å². The number of nitriles is 1. The first kappa shape index (κ1) is 26.4. The van der Waals surface area contributed by atoms with E-state index in [4.69, 9.17) is 38.9 Å². The van der Waals surface area contributed by atoms with Crippen LogP contribution in [0.5, 0.6) is 11.5 Å². The molecule has 13 heteroatoms. The molecule has 3 aromatic carbocycles. The highest BCUT2D eigenvalue weighted by Gasteiger charge is 2.26. The summed E-state index contributed by atoms with van der Waals surface area (Å²) in [7, 11) is 0. The lowest BCUT2D eigenvalue weighted by Gasteiger charge is -2.29. The minimum absolute atomic E-state index is 0.0738. The number of hydrogen-bond acceptors (Lipinski definition) is 8. The maximum absolute atomic E-state index is 13.3. The summed E-state index contributed by atoms with van der Waals surface area (Å²) in [6, 6.07) is 14.9. The van der Waals surface area contributed by atoms with Crippen LogP contribution in [0.25, 0.3) is 0 Å².